The maximum Gasteiger partial charge on any atom is 0.185 e. The number of carbonyl (C=O) groups excluding carboxylic acids is 1. The predicted molar refractivity (Wildman–Crippen MR) is 96.6 cm³/mol. The lowest BCUT2D eigenvalue weighted by molar-refractivity contribution is 0.0339. The van der Waals surface area contributed by atoms with E-state index in [9.17, 15) is 9.90 Å². The van der Waals surface area contributed by atoms with Crippen LogP contribution in [0.5, 0.6) is 5.75 Å². The van der Waals surface area contributed by atoms with E-state index in [4.69, 9.17) is 4.74 Å². The summed E-state index contributed by atoms with van der Waals surface area (Å²) in [6, 6.07) is 7.11. The molecule has 1 aromatic carbocycles. The molecule has 1 aliphatic heterocycles. The van der Waals surface area contributed by atoms with Crippen LogP contribution in [-0.2, 0) is 11.3 Å². The van der Waals surface area contributed by atoms with Crippen LogP contribution in [0.2, 0.25) is 0 Å². The molecule has 4 nitrogen and oxygen atoms in total. The highest BCUT2D eigenvalue weighted by atomic mass is 32.1. The van der Waals surface area contributed by atoms with Crippen LogP contribution < -0.4 is 0 Å². The number of hydrogen-bond donors (Lipinski definition) is 1. The first-order chi connectivity index (χ1) is 11.6. The van der Waals surface area contributed by atoms with E-state index in [1.807, 2.05) is 24.4 Å². The van der Waals surface area contributed by atoms with Gasteiger partial charge in [0, 0.05) is 35.6 Å². The van der Waals surface area contributed by atoms with Gasteiger partial charge in [-0.3, -0.25) is 9.69 Å². The summed E-state index contributed by atoms with van der Waals surface area (Å²) < 4.78 is 5.34. The van der Waals surface area contributed by atoms with Crippen molar-refractivity contribution in [2.24, 2.45) is 0 Å². The van der Waals surface area contributed by atoms with Crippen molar-refractivity contribution < 1.29 is 14.6 Å². The zero-order valence-corrected chi connectivity index (χ0v) is 14.5. The molecule has 1 fully saturated rings. The third-order valence-electron chi connectivity index (χ3n) is 4.15. The van der Waals surface area contributed by atoms with Gasteiger partial charge in [-0.05, 0) is 54.3 Å². The Morgan fingerprint density at radius 2 is 2.12 bits per heavy atom. The lowest BCUT2D eigenvalue weighted by atomic mass is 10.0. The quantitative estimate of drug-likeness (QED) is 0.667. The molecule has 2 aromatic rings. The van der Waals surface area contributed by atoms with Crippen molar-refractivity contribution in [1.29, 1.82) is 0 Å². The molecule has 0 unspecified atom stereocenters. The molecule has 0 amide bonds. The fourth-order valence-electron chi connectivity index (χ4n) is 2.67. The molecule has 5 heteroatoms. The first-order valence-corrected chi connectivity index (χ1v) is 8.90. The van der Waals surface area contributed by atoms with E-state index < -0.39 is 0 Å². The highest BCUT2D eigenvalue weighted by Gasteiger charge is 2.14. The molecule has 1 saturated heterocycles. The number of hydrogen-bond acceptors (Lipinski definition) is 5. The minimum absolute atomic E-state index is 0.0500. The van der Waals surface area contributed by atoms with E-state index in [2.05, 4.69) is 4.90 Å². The first kappa shape index (κ1) is 16.9. The van der Waals surface area contributed by atoms with Crippen molar-refractivity contribution >= 4 is 23.2 Å². The van der Waals surface area contributed by atoms with Crippen LogP contribution in [0.4, 0.5) is 0 Å². The topological polar surface area (TPSA) is 49.8 Å². The van der Waals surface area contributed by atoms with Crippen LogP contribution in [0.3, 0.4) is 0 Å². The van der Waals surface area contributed by atoms with Gasteiger partial charge in [-0.1, -0.05) is 0 Å². The minimum Gasteiger partial charge on any atom is -0.508 e. The predicted octanol–water partition coefficient (Wildman–Crippen LogP) is 3.49. The number of benzene rings is 1. The Morgan fingerprint density at radius 1 is 1.33 bits per heavy atom. The second-order valence-corrected chi connectivity index (χ2v) is 6.85. The van der Waals surface area contributed by atoms with Crippen molar-refractivity contribution in [3.63, 3.8) is 0 Å². The molecule has 0 radical (unpaired) electrons. The molecular formula is C19H21NO3S. The van der Waals surface area contributed by atoms with Crippen molar-refractivity contribution in [3.05, 3.63) is 57.3 Å². The van der Waals surface area contributed by atoms with Gasteiger partial charge in [-0.2, -0.15) is 0 Å². The Morgan fingerprint density at radius 3 is 2.83 bits per heavy atom. The number of carbonyl (C=O) groups is 1. The summed E-state index contributed by atoms with van der Waals surface area (Å²) in [6.45, 7) is 5.76. The third-order valence-corrected chi connectivity index (χ3v) is 5.13. The molecule has 0 saturated carbocycles. The van der Waals surface area contributed by atoms with Crippen molar-refractivity contribution in [3.8, 4) is 5.75 Å². The molecule has 0 aliphatic carbocycles. The highest BCUT2D eigenvalue weighted by molar-refractivity contribution is 7.11. The van der Waals surface area contributed by atoms with Crippen LogP contribution >= 0.6 is 11.3 Å². The maximum atomic E-state index is 12.4. The van der Waals surface area contributed by atoms with Gasteiger partial charge in [0.1, 0.15) is 5.75 Å². The Bertz CT molecular complexity index is 745. The SMILES string of the molecule is Cc1ccsc1/C=C/C(=O)c1ccc(O)c(CN2CCOCC2)c1. The Kier molecular flexibility index (Phi) is 5.45. The Hall–Kier alpha value is -1.95. The van der Waals surface area contributed by atoms with Gasteiger partial charge in [0.15, 0.2) is 5.78 Å². The lowest BCUT2D eigenvalue weighted by Crippen LogP contribution is -2.35. The number of phenols is 1. The van der Waals surface area contributed by atoms with Crippen LogP contribution in [0, 0.1) is 6.92 Å². The number of phenolic OH excluding ortho intramolecular Hbond substituents is 1. The maximum absolute atomic E-state index is 12.4. The van der Waals surface area contributed by atoms with Gasteiger partial charge >= 0.3 is 0 Å². The Labute approximate surface area is 146 Å². The molecule has 126 valence electrons. The number of rotatable bonds is 5. The summed E-state index contributed by atoms with van der Waals surface area (Å²) in [5, 5.41) is 12.1. The second kappa shape index (κ2) is 7.75. The van der Waals surface area contributed by atoms with Crippen molar-refractivity contribution in [2.45, 2.75) is 13.5 Å². The summed E-state index contributed by atoms with van der Waals surface area (Å²) in [5.41, 5.74) is 2.55. The van der Waals surface area contributed by atoms with E-state index >= 15 is 0 Å². The summed E-state index contributed by atoms with van der Waals surface area (Å²) in [7, 11) is 0. The molecule has 1 aromatic heterocycles. The summed E-state index contributed by atoms with van der Waals surface area (Å²) in [6.07, 6.45) is 3.46. The van der Waals surface area contributed by atoms with Gasteiger partial charge in [0.25, 0.3) is 0 Å². The van der Waals surface area contributed by atoms with Gasteiger partial charge in [-0.25, -0.2) is 0 Å². The van der Waals surface area contributed by atoms with E-state index in [0.717, 1.165) is 23.5 Å². The highest BCUT2D eigenvalue weighted by Crippen LogP contribution is 2.22. The van der Waals surface area contributed by atoms with E-state index in [-0.39, 0.29) is 11.5 Å². The minimum atomic E-state index is -0.0500. The number of nitrogens with zero attached hydrogens (tertiary/aromatic N) is 1. The molecule has 2 heterocycles. The molecule has 1 aliphatic rings. The number of aryl methyl sites for hydroxylation is 1. The molecular weight excluding hydrogens is 322 g/mol. The number of allylic oxidation sites excluding steroid dienone is 1. The normalized spacial score (nSPS) is 15.9. The zero-order chi connectivity index (χ0) is 16.9. The van der Waals surface area contributed by atoms with E-state index in [1.54, 1.807) is 35.6 Å². The molecule has 24 heavy (non-hydrogen) atoms. The fourth-order valence-corrected chi connectivity index (χ4v) is 3.49. The van der Waals surface area contributed by atoms with Crippen LogP contribution in [0.1, 0.15) is 26.4 Å². The Balaban J connectivity index is 1.73. The second-order valence-electron chi connectivity index (χ2n) is 5.90. The van der Waals surface area contributed by atoms with Gasteiger partial charge in [0.05, 0.1) is 13.2 Å². The summed E-state index contributed by atoms with van der Waals surface area (Å²) in [4.78, 5) is 15.7. The average molecular weight is 343 g/mol. The smallest absolute Gasteiger partial charge is 0.185 e. The number of aromatic hydroxyl groups is 1. The van der Waals surface area contributed by atoms with E-state index in [1.165, 1.54) is 5.56 Å². The summed E-state index contributed by atoms with van der Waals surface area (Å²) in [5.74, 6) is 0.183. The number of morpholine rings is 1. The van der Waals surface area contributed by atoms with Crippen LogP contribution in [-0.4, -0.2) is 42.1 Å². The first-order valence-electron chi connectivity index (χ1n) is 8.02. The standard InChI is InChI=1S/C19H21NO3S/c1-14-6-11-24-19(14)5-4-17(21)15-2-3-18(22)16(12-15)13-20-7-9-23-10-8-20/h2-6,11-12,22H,7-10,13H2,1H3/b5-4+. The van der Waals surface area contributed by atoms with Crippen LogP contribution in [0.25, 0.3) is 6.08 Å². The monoisotopic (exact) mass is 343 g/mol. The largest absolute Gasteiger partial charge is 0.508 e. The molecule has 0 atom stereocenters. The molecule has 0 bridgehead atoms. The van der Waals surface area contributed by atoms with Crippen LogP contribution in [0.15, 0.2) is 35.7 Å². The molecule has 0 spiro atoms. The van der Waals surface area contributed by atoms with E-state index in [0.29, 0.717) is 25.3 Å². The number of ether oxygens (including phenoxy) is 1. The summed E-state index contributed by atoms with van der Waals surface area (Å²) >= 11 is 1.62. The van der Waals surface area contributed by atoms with Crippen molar-refractivity contribution in [2.75, 3.05) is 26.3 Å². The lowest BCUT2D eigenvalue weighted by Gasteiger charge is -2.26. The van der Waals surface area contributed by atoms with Gasteiger partial charge in [0.2, 0.25) is 0 Å². The van der Waals surface area contributed by atoms with Gasteiger partial charge in [-0.15, -0.1) is 11.3 Å². The average Bonchev–Trinajstić information content (AvgIpc) is 3.00. The molecule has 1 N–H and O–H groups in total. The van der Waals surface area contributed by atoms with Gasteiger partial charge < -0.3 is 9.84 Å². The fraction of sp³-hybridized carbons (Fsp3) is 0.316. The van der Waals surface area contributed by atoms with Crippen molar-refractivity contribution in [1.82, 2.24) is 4.90 Å². The third kappa shape index (κ3) is 4.12. The zero-order valence-electron chi connectivity index (χ0n) is 13.7. The molecule has 3 rings (SSSR count). The number of thiophene rings is 1. The number of ketones is 1.